The number of hydrogen-bond acceptors (Lipinski definition) is 2. The minimum absolute atomic E-state index is 0.703. The van der Waals surface area contributed by atoms with Crippen LogP contribution in [0.25, 0.3) is 11.3 Å². The summed E-state index contributed by atoms with van der Waals surface area (Å²) in [6, 6.07) is 4.23. The van der Waals surface area contributed by atoms with Crippen molar-refractivity contribution in [2.45, 2.75) is 25.8 Å². The Morgan fingerprint density at radius 2 is 2.38 bits per heavy atom. The molecule has 80 valence electrons. The van der Waals surface area contributed by atoms with Crippen LogP contribution in [0.2, 0.25) is 0 Å². The van der Waals surface area contributed by atoms with Crippen LogP contribution < -0.4 is 0 Å². The van der Waals surface area contributed by atoms with E-state index in [1.807, 2.05) is 18.5 Å². The number of rotatable bonds is 1. The first kappa shape index (κ1) is 9.22. The highest BCUT2D eigenvalue weighted by atomic mass is 15.1. The summed E-state index contributed by atoms with van der Waals surface area (Å²) in [5, 5.41) is 9.24. The minimum atomic E-state index is 0.703. The summed E-state index contributed by atoms with van der Waals surface area (Å²) in [6.07, 6.45) is 7.04. The normalized spacial score (nSPS) is 14.4. The lowest BCUT2D eigenvalue weighted by atomic mass is 10.1. The molecule has 0 spiro atoms. The van der Waals surface area contributed by atoms with Gasteiger partial charge >= 0.3 is 0 Å². The van der Waals surface area contributed by atoms with Crippen LogP contribution in [0.1, 0.15) is 24.4 Å². The number of aromatic nitrogens is 3. The van der Waals surface area contributed by atoms with E-state index in [0.717, 1.165) is 36.5 Å². The van der Waals surface area contributed by atoms with Gasteiger partial charge in [0.2, 0.25) is 0 Å². The molecule has 0 atom stereocenters. The second-order valence-electron chi connectivity index (χ2n) is 4.05. The Labute approximate surface area is 93.5 Å². The molecule has 3 rings (SSSR count). The third-order valence-electron chi connectivity index (χ3n) is 3.06. The van der Waals surface area contributed by atoms with E-state index in [1.165, 1.54) is 6.42 Å². The van der Waals surface area contributed by atoms with Crippen LogP contribution >= 0.6 is 0 Å². The lowest BCUT2D eigenvalue weighted by Gasteiger charge is -2.13. The molecule has 0 aromatic carbocycles. The van der Waals surface area contributed by atoms with Gasteiger partial charge in [-0.15, -0.1) is 0 Å². The summed E-state index contributed by atoms with van der Waals surface area (Å²) in [7, 11) is 0. The Morgan fingerprint density at radius 3 is 3.12 bits per heavy atom. The Kier molecular flexibility index (Phi) is 2.03. The second-order valence-corrected chi connectivity index (χ2v) is 4.05. The van der Waals surface area contributed by atoms with Crippen molar-refractivity contribution in [1.82, 2.24) is 14.5 Å². The average Bonchev–Trinajstić information content (AvgIpc) is 2.95. The molecule has 0 fully saturated rings. The molecule has 0 aliphatic carbocycles. The third kappa shape index (κ3) is 1.25. The van der Waals surface area contributed by atoms with Gasteiger partial charge in [-0.1, -0.05) is 0 Å². The van der Waals surface area contributed by atoms with Gasteiger partial charge in [0.25, 0.3) is 0 Å². The maximum absolute atomic E-state index is 9.24. The molecular formula is C12H12N4. The second kappa shape index (κ2) is 3.53. The number of nitrogens with zero attached hydrogens (tertiary/aromatic N) is 3. The fourth-order valence-electron chi connectivity index (χ4n) is 2.27. The number of nitriles is 1. The Bertz CT molecular complexity index is 542. The first-order chi connectivity index (χ1) is 7.90. The molecule has 0 amide bonds. The van der Waals surface area contributed by atoms with Gasteiger partial charge in [0, 0.05) is 30.9 Å². The number of fused-ring (bicyclic) bond motifs is 1. The van der Waals surface area contributed by atoms with Crippen LogP contribution in [0.5, 0.6) is 0 Å². The highest BCUT2D eigenvalue weighted by molar-refractivity contribution is 5.65. The maximum Gasteiger partial charge on any atom is 0.148 e. The zero-order chi connectivity index (χ0) is 11.0. The molecule has 0 saturated heterocycles. The zero-order valence-electron chi connectivity index (χ0n) is 8.90. The monoisotopic (exact) mass is 212 g/mol. The van der Waals surface area contributed by atoms with Crippen LogP contribution in [0.3, 0.4) is 0 Å². The fraction of sp³-hybridized carbons (Fsp3) is 0.333. The van der Waals surface area contributed by atoms with Gasteiger partial charge in [-0.3, -0.25) is 0 Å². The number of aromatic amines is 1. The average molecular weight is 212 g/mol. The van der Waals surface area contributed by atoms with Crippen LogP contribution in [-0.2, 0) is 13.0 Å². The van der Waals surface area contributed by atoms with Gasteiger partial charge in [-0.25, -0.2) is 4.98 Å². The smallest absolute Gasteiger partial charge is 0.148 e. The fourth-order valence-corrected chi connectivity index (χ4v) is 2.27. The van der Waals surface area contributed by atoms with E-state index in [2.05, 4.69) is 20.6 Å². The van der Waals surface area contributed by atoms with Gasteiger partial charge in [-0.2, -0.15) is 5.26 Å². The van der Waals surface area contributed by atoms with E-state index in [0.29, 0.717) is 5.69 Å². The molecule has 0 unspecified atom stereocenters. The Balaban J connectivity index is 2.19. The van der Waals surface area contributed by atoms with E-state index in [1.54, 1.807) is 0 Å². The highest BCUT2D eigenvalue weighted by Crippen LogP contribution is 2.26. The van der Waals surface area contributed by atoms with Crippen molar-refractivity contribution in [3.8, 4) is 17.3 Å². The molecule has 1 aliphatic rings. The van der Waals surface area contributed by atoms with E-state index in [-0.39, 0.29) is 0 Å². The number of hydrogen-bond donors (Lipinski definition) is 1. The summed E-state index contributed by atoms with van der Waals surface area (Å²) in [5.41, 5.74) is 2.52. The summed E-state index contributed by atoms with van der Waals surface area (Å²) in [5.74, 6) is 1.05. The summed E-state index contributed by atoms with van der Waals surface area (Å²) in [4.78, 5) is 7.59. The van der Waals surface area contributed by atoms with E-state index >= 15 is 0 Å². The largest absolute Gasteiger partial charge is 0.367 e. The topological polar surface area (TPSA) is 57.4 Å². The molecule has 16 heavy (non-hydrogen) atoms. The standard InChI is InChI=1S/C12H12N4/c13-7-10-12(9-4-5-14-8-9)15-11-3-1-2-6-16(10)11/h4-5,8,14H,1-3,6H2. The van der Waals surface area contributed by atoms with Gasteiger partial charge in [0.05, 0.1) is 0 Å². The Hall–Kier alpha value is -2.02. The van der Waals surface area contributed by atoms with Crippen LogP contribution in [-0.4, -0.2) is 14.5 Å². The van der Waals surface area contributed by atoms with E-state index in [4.69, 9.17) is 0 Å². The lowest BCUT2D eigenvalue weighted by molar-refractivity contribution is 0.519. The van der Waals surface area contributed by atoms with Gasteiger partial charge in [0.1, 0.15) is 23.3 Å². The first-order valence-electron chi connectivity index (χ1n) is 5.53. The molecule has 2 aromatic rings. The predicted molar refractivity (Wildman–Crippen MR) is 59.7 cm³/mol. The first-order valence-corrected chi connectivity index (χ1v) is 5.53. The molecule has 0 saturated carbocycles. The molecule has 4 heteroatoms. The Morgan fingerprint density at radius 1 is 1.44 bits per heavy atom. The van der Waals surface area contributed by atoms with Crippen LogP contribution in [0.15, 0.2) is 18.5 Å². The highest BCUT2D eigenvalue weighted by Gasteiger charge is 2.20. The van der Waals surface area contributed by atoms with Crippen molar-refractivity contribution < 1.29 is 0 Å². The number of aryl methyl sites for hydroxylation is 1. The summed E-state index contributed by atoms with van der Waals surface area (Å²) >= 11 is 0. The molecule has 2 aromatic heterocycles. The zero-order valence-corrected chi connectivity index (χ0v) is 8.90. The summed E-state index contributed by atoms with van der Waals surface area (Å²) in [6.45, 7) is 0.926. The van der Waals surface area contributed by atoms with E-state index < -0.39 is 0 Å². The van der Waals surface area contributed by atoms with Crippen molar-refractivity contribution in [1.29, 1.82) is 5.26 Å². The van der Waals surface area contributed by atoms with Gasteiger partial charge in [0.15, 0.2) is 0 Å². The van der Waals surface area contributed by atoms with Gasteiger partial charge < -0.3 is 9.55 Å². The van der Waals surface area contributed by atoms with Crippen molar-refractivity contribution in [2.75, 3.05) is 0 Å². The van der Waals surface area contributed by atoms with Crippen molar-refractivity contribution in [2.24, 2.45) is 0 Å². The van der Waals surface area contributed by atoms with Crippen LogP contribution in [0.4, 0.5) is 0 Å². The number of imidazole rings is 1. The molecular weight excluding hydrogens is 200 g/mol. The third-order valence-corrected chi connectivity index (χ3v) is 3.06. The number of H-pyrrole nitrogens is 1. The molecule has 1 N–H and O–H groups in total. The van der Waals surface area contributed by atoms with Crippen molar-refractivity contribution in [3.63, 3.8) is 0 Å². The predicted octanol–water partition coefficient (Wildman–Crippen LogP) is 2.09. The minimum Gasteiger partial charge on any atom is -0.367 e. The SMILES string of the molecule is N#Cc1c(-c2cc[nH]c2)nc2n1CCCC2. The molecule has 0 radical (unpaired) electrons. The van der Waals surface area contributed by atoms with Crippen molar-refractivity contribution >= 4 is 0 Å². The van der Waals surface area contributed by atoms with E-state index in [9.17, 15) is 5.26 Å². The van der Waals surface area contributed by atoms with Gasteiger partial charge in [-0.05, 0) is 18.9 Å². The quantitative estimate of drug-likeness (QED) is 0.786. The molecule has 0 bridgehead atoms. The van der Waals surface area contributed by atoms with Crippen molar-refractivity contribution in [3.05, 3.63) is 30.0 Å². The molecule has 3 heterocycles. The van der Waals surface area contributed by atoms with Crippen LogP contribution in [0, 0.1) is 11.3 Å². The lowest BCUT2D eigenvalue weighted by Crippen LogP contribution is -2.11. The summed E-state index contributed by atoms with van der Waals surface area (Å²) < 4.78 is 2.06. The number of nitrogens with one attached hydrogen (secondary N) is 1. The molecule has 4 nitrogen and oxygen atoms in total. The molecule has 1 aliphatic heterocycles. The maximum atomic E-state index is 9.24.